The molecule has 0 aliphatic heterocycles. The van der Waals surface area contributed by atoms with Crippen molar-refractivity contribution in [2.75, 3.05) is 0 Å². The zero-order chi connectivity index (χ0) is 13.8. The normalized spacial score (nSPS) is 10.3. The van der Waals surface area contributed by atoms with Crippen molar-refractivity contribution in [1.82, 2.24) is 5.32 Å². The first kappa shape index (κ1) is 14.4. The van der Waals surface area contributed by atoms with Crippen molar-refractivity contribution in [1.29, 1.82) is 0 Å². The molecule has 0 heterocycles. The summed E-state index contributed by atoms with van der Waals surface area (Å²) in [5, 5.41) is 3.88. The highest BCUT2D eigenvalue weighted by atomic mass is 79.9. The molecule has 2 aromatic rings. The van der Waals surface area contributed by atoms with Crippen molar-refractivity contribution < 1.29 is 4.79 Å². The molecule has 0 radical (unpaired) electrons. The van der Waals surface area contributed by atoms with E-state index in [1.807, 2.05) is 18.2 Å². The number of benzene rings is 2. The van der Waals surface area contributed by atoms with E-state index in [1.54, 1.807) is 24.3 Å². The first-order valence-corrected chi connectivity index (χ1v) is 7.09. The Kier molecular flexibility index (Phi) is 4.86. The van der Waals surface area contributed by atoms with E-state index in [2.05, 4.69) is 21.2 Å². The Morgan fingerprint density at radius 3 is 2.68 bits per heavy atom. The second-order valence-electron chi connectivity index (χ2n) is 3.94. The predicted molar refractivity (Wildman–Crippen MR) is 81.8 cm³/mol. The lowest BCUT2D eigenvalue weighted by molar-refractivity contribution is 0.0951. The summed E-state index contributed by atoms with van der Waals surface area (Å²) in [6, 6.07) is 12.5. The number of hydrogen-bond acceptors (Lipinski definition) is 1. The van der Waals surface area contributed by atoms with Gasteiger partial charge in [0, 0.05) is 16.0 Å². The highest BCUT2D eigenvalue weighted by Gasteiger charge is 2.10. The fourth-order valence-electron chi connectivity index (χ4n) is 1.60. The molecule has 5 heteroatoms. The van der Waals surface area contributed by atoms with Crippen molar-refractivity contribution >= 4 is 45.0 Å². The summed E-state index contributed by atoms with van der Waals surface area (Å²) >= 11 is 15.2. The molecule has 0 aliphatic carbocycles. The highest BCUT2D eigenvalue weighted by Crippen LogP contribution is 2.21. The highest BCUT2D eigenvalue weighted by molar-refractivity contribution is 9.10. The van der Waals surface area contributed by atoms with Crippen LogP contribution in [0.4, 0.5) is 0 Å². The lowest BCUT2D eigenvalue weighted by Gasteiger charge is -2.07. The lowest BCUT2D eigenvalue weighted by atomic mass is 10.2. The Balaban J connectivity index is 2.07. The molecular weight excluding hydrogens is 349 g/mol. The third kappa shape index (κ3) is 3.96. The van der Waals surface area contributed by atoms with E-state index in [4.69, 9.17) is 23.2 Å². The summed E-state index contributed by atoms with van der Waals surface area (Å²) in [5.41, 5.74) is 1.38. The van der Waals surface area contributed by atoms with Gasteiger partial charge in [0.1, 0.15) is 0 Å². The first-order valence-electron chi connectivity index (χ1n) is 5.54. The van der Waals surface area contributed by atoms with E-state index in [1.165, 1.54) is 0 Å². The number of rotatable bonds is 3. The maximum atomic E-state index is 12.0. The Hall–Kier alpha value is -1.03. The van der Waals surface area contributed by atoms with Gasteiger partial charge in [-0.25, -0.2) is 0 Å². The number of nitrogens with one attached hydrogen (secondary N) is 1. The molecule has 0 saturated carbocycles. The average Bonchev–Trinajstić information content (AvgIpc) is 2.39. The van der Waals surface area contributed by atoms with Crippen LogP contribution in [0.15, 0.2) is 46.9 Å². The van der Waals surface area contributed by atoms with Gasteiger partial charge in [-0.05, 0) is 35.9 Å². The summed E-state index contributed by atoms with van der Waals surface area (Å²) in [5.74, 6) is -0.216. The largest absolute Gasteiger partial charge is 0.348 e. The van der Waals surface area contributed by atoms with Crippen molar-refractivity contribution in [2.24, 2.45) is 0 Å². The van der Waals surface area contributed by atoms with Crippen LogP contribution in [-0.4, -0.2) is 5.91 Å². The van der Waals surface area contributed by atoms with Gasteiger partial charge in [-0.3, -0.25) is 4.79 Å². The van der Waals surface area contributed by atoms with Crippen LogP contribution in [0.25, 0.3) is 0 Å². The minimum Gasteiger partial charge on any atom is -0.348 e. The van der Waals surface area contributed by atoms with E-state index in [9.17, 15) is 4.79 Å². The third-order valence-corrected chi connectivity index (χ3v) is 3.57. The molecule has 1 amide bonds. The molecule has 0 aromatic heterocycles. The summed E-state index contributed by atoms with van der Waals surface area (Å²) in [6.07, 6.45) is 0. The van der Waals surface area contributed by atoms with E-state index < -0.39 is 0 Å². The van der Waals surface area contributed by atoms with Gasteiger partial charge in [-0.2, -0.15) is 0 Å². The average molecular weight is 359 g/mol. The molecule has 19 heavy (non-hydrogen) atoms. The molecule has 0 aliphatic rings. The van der Waals surface area contributed by atoms with Gasteiger partial charge in [0.05, 0.1) is 10.6 Å². The zero-order valence-electron chi connectivity index (χ0n) is 9.79. The lowest BCUT2D eigenvalue weighted by Crippen LogP contribution is -2.23. The Bertz CT molecular complexity index is 616. The molecule has 2 nitrogen and oxygen atoms in total. The molecule has 0 atom stereocenters. The quantitative estimate of drug-likeness (QED) is 0.847. The molecule has 0 saturated heterocycles. The van der Waals surface area contributed by atoms with E-state index in [0.717, 1.165) is 10.0 Å². The molecule has 0 unspecified atom stereocenters. The van der Waals surface area contributed by atoms with Crippen LogP contribution in [0, 0.1) is 0 Å². The van der Waals surface area contributed by atoms with E-state index in [-0.39, 0.29) is 5.91 Å². The standard InChI is InChI=1S/C14H10BrCl2NO/c15-10-4-5-13(17)12(7-10)14(19)18-8-9-2-1-3-11(16)6-9/h1-7H,8H2,(H,18,19). The Labute approximate surface area is 129 Å². The van der Waals surface area contributed by atoms with Crippen LogP contribution in [0.5, 0.6) is 0 Å². The van der Waals surface area contributed by atoms with Crippen molar-refractivity contribution in [2.45, 2.75) is 6.54 Å². The van der Waals surface area contributed by atoms with Crippen LogP contribution < -0.4 is 5.32 Å². The van der Waals surface area contributed by atoms with Gasteiger partial charge in [-0.15, -0.1) is 0 Å². The second kappa shape index (κ2) is 6.42. The second-order valence-corrected chi connectivity index (χ2v) is 5.70. The van der Waals surface area contributed by atoms with Crippen LogP contribution >= 0.6 is 39.1 Å². The maximum Gasteiger partial charge on any atom is 0.253 e. The minimum atomic E-state index is -0.216. The fraction of sp³-hybridized carbons (Fsp3) is 0.0714. The molecule has 2 rings (SSSR count). The van der Waals surface area contributed by atoms with Crippen LogP contribution in [0.1, 0.15) is 15.9 Å². The maximum absolute atomic E-state index is 12.0. The van der Waals surface area contributed by atoms with E-state index in [0.29, 0.717) is 22.2 Å². The fourth-order valence-corrected chi connectivity index (χ4v) is 2.37. The molecule has 2 aromatic carbocycles. The molecule has 0 spiro atoms. The van der Waals surface area contributed by atoms with Gasteiger partial charge < -0.3 is 5.32 Å². The first-order chi connectivity index (χ1) is 9.06. The van der Waals surface area contributed by atoms with Crippen LogP contribution in [-0.2, 0) is 6.54 Å². The molecule has 0 fully saturated rings. The molecular formula is C14H10BrCl2NO. The number of hydrogen-bond donors (Lipinski definition) is 1. The van der Waals surface area contributed by atoms with Gasteiger partial charge in [0.2, 0.25) is 0 Å². The van der Waals surface area contributed by atoms with Crippen molar-refractivity contribution in [3.63, 3.8) is 0 Å². The summed E-state index contributed by atoms with van der Waals surface area (Å²) in [7, 11) is 0. The van der Waals surface area contributed by atoms with Crippen molar-refractivity contribution in [3.05, 3.63) is 68.1 Å². The predicted octanol–water partition coefficient (Wildman–Crippen LogP) is 4.69. The molecule has 0 bridgehead atoms. The minimum absolute atomic E-state index is 0.216. The van der Waals surface area contributed by atoms with Gasteiger partial charge in [0.25, 0.3) is 5.91 Å². The van der Waals surface area contributed by atoms with Gasteiger partial charge >= 0.3 is 0 Å². The topological polar surface area (TPSA) is 29.1 Å². The van der Waals surface area contributed by atoms with Crippen LogP contribution in [0.2, 0.25) is 10.0 Å². The van der Waals surface area contributed by atoms with Gasteiger partial charge in [0.15, 0.2) is 0 Å². The van der Waals surface area contributed by atoms with Gasteiger partial charge in [-0.1, -0.05) is 51.3 Å². The smallest absolute Gasteiger partial charge is 0.253 e. The van der Waals surface area contributed by atoms with E-state index >= 15 is 0 Å². The summed E-state index contributed by atoms with van der Waals surface area (Å²) < 4.78 is 0.810. The Morgan fingerprint density at radius 2 is 1.95 bits per heavy atom. The molecule has 98 valence electrons. The Morgan fingerprint density at radius 1 is 1.16 bits per heavy atom. The summed E-state index contributed by atoms with van der Waals surface area (Å²) in [6.45, 7) is 0.405. The SMILES string of the molecule is O=C(NCc1cccc(Cl)c1)c1cc(Br)ccc1Cl. The third-order valence-electron chi connectivity index (χ3n) is 2.52. The summed E-state index contributed by atoms with van der Waals surface area (Å²) in [4.78, 5) is 12.0. The van der Waals surface area contributed by atoms with Crippen molar-refractivity contribution in [3.8, 4) is 0 Å². The van der Waals surface area contributed by atoms with Crippen LogP contribution in [0.3, 0.4) is 0 Å². The zero-order valence-corrected chi connectivity index (χ0v) is 12.9. The number of carbonyl (C=O) groups is 1. The number of amides is 1. The molecule has 1 N–H and O–H groups in total. The number of halogens is 3. The monoisotopic (exact) mass is 357 g/mol. The number of carbonyl (C=O) groups excluding carboxylic acids is 1.